The number of thiocarbonyl (C=S) groups is 1. The monoisotopic (exact) mass is 490 g/mol. The number of nitrogens with one attached hydrogen (secondary N) is 2. The normalized spacial score (nSPS) is 10.7. The van der Waals surface area contributed by atoms with Crippen molar-refractivity contribution >= 4 is 45.5 Å². The Hall–Kier alpha value is -3.49. The number of ether oxygens (including phenoxy) is 1. The van der Waals surface area contributed by atoms with Crippen molar-refractivity contribution in [1.82, 2.24) is 9.78 Å². The molecule has 34 heavy (non-hydrogen) atoms. The summed E-state index contributed by atoms with van der Waals surface area (Å²) < 4.78 is 7.21. The molecule has 0 unspecified atom stereocenters. The molecule has 0 aliphatic carbocycles. The highest BCUT2D eigenvalue weighted by atomic mass is 32.1. The lowest BCUT2D eigenvalue weighted by Crippen LogP contribution is -2.20. The minimum atomic E-state index is -0.377. The number of aromatic nitrogens is 2. The maximum atomic E-state index is 12.9. The van der Waals surface area contributed by atoms with Gasteiger partial charge in [0.2, 0.25) is 0 Å². The van der Waals surface area contributed by atoms with E-state index < -0.39 is 0 Å². The van der Waals surface area contributed by atoms with Crippen LogP contribution in [-0.2, 0) is 11.3 Å². The minimum Gasteiger partial charge on any atom is -0.462 e. The van der Waals surface area contributed by atoms with Crippen molar-refractivity contribution in [3.05, 3.63) is 88.4 Å². The van der Waals surface area contributed by atoms with Crippen LogP contribution < -0.4 is 10.6 Å². The van der Waals surface area contributed by atoms with Crippen molar-refractivity contribution < 1.29 is 9.53 Å². The summed E-state index contributed by atoms with van der Waals surface area (Å²) in [5, 5.41) is 11.9. The molecule has 0 amide bonds. The molecule has 0 aliphatic heterocycles. The lowest BCUT2D eigenvalue weighted by molar-refractivity contribution is 0.0529. The molecule has 174 valence electrons. The van der Waals surface area contributed by atoms with E-state index in [2.05, 4.69) is 46.9 Å². The standard InChI is InChI=1S/C26H26N4O2S2/c1-4-32-25(31)23-22(20-8-6-5-7-9-20)18(3)34-24(23)28-26(33)27-21-14-15-30(29-21)16-19-12-10-17(2)11-13-19/h5-15H,4,16H2,1-3H3,(H2,27,28,29,33). The maximum Gasteiger partial charge on any atom is 0.341 e. The molecule has 2 N–H and O–H groups in total. The van der Waals surface area contributed by atoms with E-state index in [1.807, 2.05) is 54.2 Å². The topological polar surface area (TPSA) is 68.2 Å². The zero-order chi connectivity index (χ0) is 24.1. The summed E-state index contributed by atoms with van der Waals surface area (Å²) in [5.74, 6) is 0.247. The minimum absolute atomic E-state index is 0.294. The van der Waals surface area contributed by atoms with Crippen LogP contribution in [0, 0.1) is 13.8 Å². The van der Waals surface area contributed by atoms with Crippen molar-refractivity contribution in [3.8, 4) is 11.1 Å². The van der Waals surface area contributed by atoms with Crippen LogP contribution in [0.1, 0.15) is 33.3 Å². The fourth-order valence-corrected chi connectivity index (χ4v) is 4.97. The lowest BCUT2D eigenvalue weighted by Gasteiger charge is -2.11. The van der Waals surface area contributed by atoms with Crippen LogP contribution in [0.5, 0.6) is 0 Å². The first-order chi connectivity index (χ1) is 16.4. The molecule has 0 radical (unpaired) electrons. The summed E-state index contributed by atoms with van der Waals surface area (Å²) in [7, 11) is 0. The van der Waals surface area contributed by atoms with Gasteiger partial charge < -0.3 is 15.4 Å². The maximum absolute atomic E-state index is 12.9. The summed E-state index contributed by atoms with van der Waals surface area (Å²) >= 11 is 7.01. The van der Waals surface area contributed by atoms with Crippen LogP contribution in [0.3, 0.4) is 0 Å². The van der Waals surface area contributed by atoms with Crippen LogP contribution >= 0.6 is 23.6 Å². The molecule has 2 heterocycles. The fourth-order valence-electron chi connectivity index (χ4n) is 3.63. The molecular weight excluding hydrogens is 464 g/mol. The Morgan fingerprint density at radius 1 is 1.06 bits per heavy atom. The van der Waals surface area contributed by atoms with Gasteiger partial charge in [0.25, 0.3) is 0 Å². The third kappa shape index (κ3) is 5.52. The predicted octanol–water partition coefficient (Wildman–Crippen LogP) is 6.26. The van der Waals surface area contributed by atoms with Crippen LogP contribution in [0.25, 0.3) is 11.1 Å². The highest BCUT2D eigenvalue weighted by molar-refractivity contribution is 7.80. The first-order valence-electron chi connectivity index (χ1n) is 11.0. The van der Waals surface area contributed by atoms with Crippen LogP contribution in [0.15, 0.2) is 66.9 Å². The molecule has 0 fully saturated rings. The Morgan fingerprint density at radius 2 is 1.79 bits per heavy atom. The Morgan fingerprint density at radius 3 is 2.50 bits per heavy atom. The third-order valence-corrected chi connectivity index (χ3v) is 6.43. The van der Waals surface area contributed by atoms with Gasteiger partial charge in [0, 0.05) is 22.7 Å². The molecule has 0 saturated heterocycles. The molecule has 0 spiro atoms. The molecule has 8 heteroatoms. The molecule has 4 aromatic rings. The smallest absolute Gasteiger partial charge is 0.341 e. The van der Waals surface area contributed by atoms with E-state index in [1.165, 1.54) is 22.5 Å². The van der Waals surface area contributed by atoms with E-state index in [0.717, 1.165) is 16.0 Å². The second-order valence-electron chi connectivity index (χ2n) is 7.79. The molecule has 0 atom stereocenters. The molecule has 0 bridgehead atoms. The highest BCUT2D eigenvalue weighted by Crippen LogP contribution is 2.40. The van der Waals surface area contributed by atoms with Gasteiger partial charge in [-0.15, -0.1) is 11.3 Å². The van der Waals surface area contributed by atoms with Gasteiger partial charge in [0.05, 0.1) is 13.2 Å². The van der Waals surface area contributed by atoms with E-state index in [0.29, 0.717) is 34.6 Å². The second kappa shape index (κ2) is 10.6. The van der Waals surface area contributed by atoms with Gasteiger partial charge in [0.1, 0.15) is 10.6 Å². The predicted molar refractivity (Wildman–Crippen MR) is 143 cm³/mol. The fraction of sp³-hybridized carbons (Fsp3) is 0.192. The van der Waals surface area contributed by atoms with Crippen LogP contribution in [0.2, 0.25) is 0 Å². The van der Waals surface area contributed by atoms with Crippen molar-refractivity contribution in [1.29, 1.82) is 0 Å². The van der Waals surface area contributed by atoms with Gasteiger partial charge in [-0.05, 0) is 44.1 Å². The number of thiophene rings is 1. The Bertz CT molecular complexity index is 1290. The number of anilines is 2. The van der Waals surface area contributed by atoms with Gasteiger partial charge in [-0.1, -0.05) is 60.2 Å². The number of hydrogen-bond donors (Lipinski definition) is 2. The average molecular weight is 491 g/mol. The average Bonchev–Trinajstić information content (AvgIpc) is 3.39. The number of carbonyl (C=O) groups excluding carboxylic acids is 1. The third-order valence-electron chi connectivity index (χ3n) is 5.20. The van der Waals surface area contributed by atoms with Crippen molar-refractivity contribution in [3.63, 3.8) is 0 Å². The molecule has 0 saturated carbocycles. The van der Waals surface area contributed by atoms with Gasteiger partial charge in [0.15, 0.2) is 10.9 Å². The lowest BCUT2D eigenvalue weighted by atomic mass is 10.0. The van der Waals surface area contributed by atoms with E-state index >= 15 is 0 Å². The molecule has 0 aliphatic rings. The van der Waals surface area contributed by atoms with Crippen molar-refractivity contribution in [2.75, 3.05) is 17.2 Å². The summed E-state index contributed by atoms with van der Waals surface area (Å²) in [6, 6.07) is 20.1. The number of benzene rings is 2. The number of carbonyl (C=O) groups is 1. The first-order valence-corrected chi connectivity index (χ1v) is 12.2. The Kier molecular flexibility index (Phi) is 7.40. The summed E-state index contributed by atoms with van der Waals surface area (Å²) in [6.45, 7) is 6.82. The van der Waals surface area contributed by atoms with E-state index in [9.17, 15) is 4.79 Å². The van der Waals surface area contributed by atoms with Gasteiger partial charge in [-0.2, -0.15) is 5.10 Å². The van der Waals surface area contributed by atoms with E-state index in [-0.39, 0.29) is 5.97 Å². The Balaban J connectivity index is 1.51. The number of aryl methyl sites for hydroxylation is 2. The number of rotatable bonds is 7. The molecule has 6 nitrogen and oxygen atoms in total. The molecular formula is C26H26N4O2S2. The van der Waals surface area contributed by atoms with Gasteiger partial charge in [-0.3, -0.25) is 4.68 Å². The van der Waals surface area contributed by atoms with Crippen molar-refractivity contribution in [2.45, 2.75) is 27.3 Å². The highest BCUT2D eigenvalue weighted by Gasteiger charge is 2.25. The SMILES string of the molecule is CCOC(=O)c1c(NC(=S)Nc2ccn(Cc3ccc(C)cc3)n2)sc(C)c1-c1ccccc1. The van der Waals surface area contributed by atoms with Crippen LogP contribution in [-0.4, -0.2) is 27.5 Å². The summed E-state index contributed by atoms with van der Waals surface area (Å²) in [4.78, 5) is 13.9. The number of nitrogens with zero attached hydrogens (tertiary/aromatic N) is 2. The van der Waals surface area contributed by atoms with Gasteiger partial charge in [-0.25, -0.2) is 4.79 Å². The zero-order valence-electron chi connectivity index (χ0n) is 19.3. The van der Waals surface area contributed by atoms with E-state index in [4.69, 9.17) is 17.0 Å². The zero-order valence-corrected chi connectivity index (χ0v) is 20.9. The van der Waals surface area contributed by atoms with E-state index in [1.54, 1.807) is 6.92 Å². The Labute approximate surface area is 208 Å². The van der Waals surface area contributed by atoms with Gasteiger partial charge >= 0.3 is 5.97 Å². The quantitative estimate of drug-likeness (QED) is 0.235. The number of hydrogen-bond acceptors (Lipinski definition) is 5. The molecule has 2 aromatic heterocycles. The summed E-state index contributed by atoms with van der Waals surface area (Å²) in [5.41, 5.74) is 4.70. The number of esters is 1. The molecule has 4 rings (SSSR count). The second-order valence-corrected chi connectivity index (χ2v) is 9.42. The summed E-state index contributed by atoms with van der Waals surface area (Å²) in [6.07, 6.45) is 1.90. The van der Waals surface area contributed by atoms with Crippen molar-refractivity contribution in [2.24, 2.45) is 0 Å². The molecule has 2 aromatic carbocycles. The largest absolute Gasteiger partial charge is 0.462 e. The first kappa shape index (κ1) is 23.7. The van der Waals surface area contributed by atoms with Crippen LogP contribution in [0.4, 0.5) is 10.8 Å².